The Balaban J connectivity index is 1.80. The summed E-state index contributed by atoms with van der Waals surface area (Å²) in [6.07, 6.45) is 1.55. The van der Waals surface area contributed by atoms with Crippen molar-refractivity contribution in [2.24, 2.45) is 11.7 Å². The summed E-state index contributed by atoms with van der Waals surface area (Å²) in [7, 11) is 0. The van der Waals surface area contributed by atoms with E-state index in [4.69, 9.17) is 21.8 Å². The van der Waals surface area contributed by atoms with Gasteiger partial charge in [0.25, 0.3) is 5.91 Å². The van der Waals surface area contributed by atoms with Crippen LogP contribution in [-0.2, 0) is 4.79 Å². The second-order valence-electron chi connectivity index (χ2n) is 6.34. The molecule has 1 aromatic heterocycles. The number of carbonyl (C=O) groups excluding carboxylic acids is 2. The van der Waals surface area contributed by atoms with Gasteiger partial charge in [-0.2, -0.15) is 0 Å². The van der Waals surface area contributed by atoms with Crippen molar-refractivity contribution < 1.29 is 14.0 Å². The second-order valence-corrected chi connectivity index (χ2v) is 6.75. The number of furan rings is 1. The van der Waals surface area contributed by atoms with Gasteiger partial charge in [0, 0.05) is 37.1 Å². The molecule has 7 heteroatoms. The Morgan fingerprint density at radius 1 is 1.44 bits per heavy atom. The van der Waals surface area contributed by atoms with E-state index in [-0.39, 0.29) is 17.7 Å². The molecule has 0 aliphatic carbocycles. The minimum atomic E-state index is -0.211. The summed E-state index contributed by atoms with van der Waals surface area (Å²) in [4.78, 5) is 26.8. The molecular weight excluding hydrogens is 342 g/mol. The number of rotatable bonds is 4. The third-order valence-electron chi connectivity index (χ3n) is 4.63. The van der Waals surface area contributed by atoms with E-state index in [0.29, 0.717) is 42.5 Å². The fourth-order valence-corrected chi connectivity index (χ4v) is 3.48. The van der Waals surface area contributed by atoms with Crippen molar-refractivity contribution in [2.75, 3.05) is 26.2 Å². The predicted molar refractivity (Wildman–Crippen MR) is 96.7 cm³/mol. The van der Waals surface area contributed by atoms with Crippen molar-refractivity contribution in [1.29, 1.82) is 0 Å². The number of para-hydroxylation sites is 1. The molecule has 134 valence electrons. The monoisotopic (exact) mass is 363 g/mol. The maximum absolute atomic E-state index is 12.9. The number of halogens is 1. The molecule has 2 aromatic rings. The Hall–Kier alpha value is -2.05. The minimum Gasteiger partial charge on any atom is -0.449 e. The number of hydrogen-bond acceptors (Lipinski definition) is 4. The van der Waals surface area contributed by atoms with Gasteiger partial charge in [-0.15, -0.1) is 0 Å². The summed E-state index contributed by atoms with van der Waals surface area (Å²) in [6.45, 7) is 3.71. The normalized spacial score (nSPS) is 17.7. The first kappa shape index (κ1) is 17.8. The first-order chi connectivity index (χ1) is 12.0. The summed E-state index contributed by atoms with van der Waals surface area (Å²) in [5.74, 6) is -0.156. The molecule has 25 heavy (non-hydrogen) atoms. The van der Waals surface area contributed by atoms with Gasteiger partial charge in [0.1, 0.15) is 0 Å². The molecule has 2 heterocycles. The zero-order valence-corrected chi connectivity index (χ0v) is 14.9. The van der Waals surface area contributed by atoms with Crippen LogP contribution in [0.2, 0.25) is 5.02 Å². The summed E-state index contributed by atoms with van der Waals surface area (Å²) in [5.41, 5.74) is 6.72. The Morgan fingerprint density at radius 3 is 2.96 bits per heavy atom. The predicted octanol–water partition coefficient (Wildman–Crippen LogP) is 2.32. The van der Waals surface area contributed by atoms with Crippen LogP contribution in [0, 0.1) is 12.8 Å². The molecule has 0 saturated carbocycles. The lowest BCUT2D eigenvalue weighted by molar-refractivity contribution is -0.126. The smallest absolute Gasteiger partial charge is 0.289 e. The average molecular weight is 364 g/mol. The van der Waals surface area contributed by atoms with Crippen LogP contribution in [0.25, 0.3) is 11.0 Å². The minimum absolute atomic E-state index is 0.0488. The molecule has 1 aliphatic rings. The zero-order chi connectivity index (χ0) is 18.0. The highest BCUT2D eigenvalue weighted by Gasteiger charge is 2.31. The topological polar surface area (TPSA) is 88.6 Å². The lowest BCUT2D eigenvalue weighted by Crippen LogP contribution is -2.46. The van der Waals surface area contributed by atoms with E-state index in [1.807, 2.05) is 19.1 Å². The first-order valence-electron chi connectivity index (χ1n) is 8.47. The number of hydrogen-bond donors (Lipinski definition) is 2. The van der Waals surface area contributed by atoms with Gasteiger partial charge in [0.05, 0.1) is 10.9 Å². The molecule has 1 fully saturated rings. The number of amides is 2. The number of nitrogens with two attached hydrogens (primary N) is 1. The standard InChI is InChI=1S/C18H22ClN3O3/c1-11-13-5-2-6-14(19)16(13)25-15(11)18(24)22-9-3-4-12(10-22)17(23)21-8-7-20/h2,5-6,12H,3-4,7-10,20H2,1H3,(H,21,23). The zero-order valence-electron chi connectivity index (χ0n) is 14.2. The third kappa shape index (κ3) is 3.50. The van der Waals surface area contributed by atoms with Crippen LogP contribution in [-0.4, -0.2) is 42.9 Å². The highest BCUT2D eigenvalue weighted by Crippen LogP contribution is 2.32. The lowest BCUT2D eigenvalue weighted by atomic mass is 9.96. The Labute approximate surface area is 151 Å². The Morgan fingerprint density at radius 2 is 2.24 bits per heavy atom. The van der Waals surface area contributed by atoms with Crippen LogP contribution < -0.4 is 11.1 Å². The Bertz CT molecular complexity index is 802. The number of nitrogens with zero attached hydrogens (tertiary/aromatic N) is 1. The SMILES string of the molecule is Cc1c(C(=O)N2CCCC(C(=O)NCCN)C2)oc2c(Cl)cccc12. The molecule has 3 N–H and O–H groups in total. The second kappa shape index (κ2) is 7.45. The summed E-state index contributed by atoms with van der Waals surface area (Å²) < 4.78 is 5.77. The molecule has 1 saturated heterocycles. The molecular formula is C18H22ClN3O3. The molecule has 1 aliphatic heterocycles. The average Bonchev–Trinajstić information content (AvgIpc) is 2.97. The quantitative estimate of drug-likeness (QED) is 0.872. The highest BCUT2D eigenvalue weighted by molar-refractivity contribution is 6.35. The van der Waals surface area contributed by atoms with Gasteiger partial charge in [-0.25, -0.2) is 0 Å². The lowest BCUT2D eigenvalue weighted by Gasteiger charge is -2.31. The number of benzene rings is 1. The van der Waals surface area contributed by atoms with E-state index in [2.05, 4.69) is 5.32 Å². The van der Waals surface area contributed by atoms with Crippen LogP contribution in [0.1, 0.15) is 29.0 Å². The third-order valence-corrected chi connectivity index (χ3v) is 4.93. The molecule has 0 radical (unpaired) electrons. The maximum Gasteiger partial charge on any atom is 0.289 e. The number of carbonyl (C=O) groups is 2. The van der Waals surface area contributed by atoms with E-state index in [1.54, 1.807) is 11.0 Å². The summed E-state index contributed by atoms with van der Waals surface area (Å²) >= 11 is 6.16. The first-order valence-corrected chi connectivity index (χ1v) is 8.85. The van der Waals surface area contributed by atoms with Gasteiger partial charge in [0.2, 0.25) is 5.91 Å². The molecule has 2 amide bonds. The molecule has 1 atom stereocenters. The van der Waals surface area contributed by atoms with Gasteiger partial charge in [-0.05, 0) is 25.8 Å². The van der Waals surface area contributed by atoms with Gasteiger partial charge in [0.15, 0.2) is 11.3 Å². The van der Waals surface area contributed by atoms with Crippen molar-refractivity contribution in [2.45, 2.75) is 19.8 Å². The van der Waals surface area contributed by atoms with Crippen LogP contribution in [0.5, 0.6) is 0 Å². The van der Waals surface area contributed by atoms with Crippen molar-refractivity contribution in [3.63, 3.8) is 0 Å². The van der Waals surface area contributed by atoms with Crippen molar-refractivity contribution in [3.05, 3.63) is 34.5 Å². The number of nitrogens with one attached hydrogen (secondary N) is 1. The maximum atomic E-state index is 12.9. The molecule has 0 bridgehead atoms. The highest BCUT2D eigenvalue weighted by atomic mass is 35.5. The van der Waals surface area contributed by atoms with Crippen molar-refractivity contribution >= 4 is 34.4 Å². The number of aryl methyl sites for hydroxylation is 1. The van der Waals surface area contributed by atoms with Crippen LogP contribution in [0.4, 0.5) is 0 Å². The molecule has 1 unspecified atom stereocenters. The van der Waals surface area contributed by atoms with Crippen molar-refractivity contribution in [3.8, 4) is 0 Å². The fraction of sp³-hybridized carbons (Fsp3) is 0.444. The van der Waals surface area contributed by atoms with E-state index < -0.39 is 0 Å². The molecule has 0 spiro atoms. The fourth-order valence-electron chi connectivity index (χ4n) is 3.27. The van der Waals surface area contributed by atoms with E-state index in [1.165, 1.54) is 0 Å². The van der Waals surface area contributed by atoms with Gasteiger partial charge >= 0.3 is 0 Å². The summed E-state index contributed by atoms with van der Waals surface area (Å²) in [5, 5.41) is 4.12. The number of piperidine rings is 1. The van der Waals surface area contributed by atoms with Crippen LogP contribution in [0.3, 0.4) is 0 Å². The van der Waals surface area contributed by atoms with E-state index in [0.717, 1.165) is 23.8 Å². The van der Waals surface area contributed by atoms with Gasteiger partial charge < -0.3 is 20.4 Å². The van der Waals surface area contributed by atoms with Gasteiger partial charge in [-0.1, -0.05) is 23.7 Å². The molecule has 1 aromatic carbocycles. The number of fused-ring (bicyclic) bond motifs is 1. The van der Waals surface area contributed by atoms with Crippen molar-refractivity contribution in [1.82, 2.24) is 10.2 Å². The largest absolute Gasteiger partial charge is 0.449 e. The van der Waals surface area contributed by atoms with Crippen LogP contribution >= 0.6 is 11.6 Å². The van der Waals surface area contributed by atoms with Gasteiger partial charge in [-0.3, -0.25) is 9.59 Å². The number of likely N-dealkylation sites (tertiary alicyclic amines) is 1. The Kier molecular flexibility index (Phi) is 5.30. The summed E-state index contributed by atoms with van der Waals surface area (Å²) in [6, 6.07) is 5.45. The van der Waals surface area contributed by atoms with Crippen LogP contribution in [0.15, 0.2) is 22.6 Å². The van der Waals surface area contributed by atoms with E-state index in [9.17, 15) is 9.59 Å². The van der Waals surface area contributed by atoms with E-state index >= 15 is 0 Å². The molecule has 3 rings (SSSR count). The molecule has 6 nitrogen and oxygen atoms in total.